The Bertz CT molecular complexity index is 1100. The third-order valence-electron chi connectivity index (χ3n) is 6.43. The highest BCUT2D eigenvalue weighted by Gasteiger charge is 2.52. The molecule has 3 aromatic rings. The summed E-state index contributed by atoms with van der Waals surface area (Å²) in [7, 11) is 0.165. The van der Waals surface area contributed by atoms with Gasteiger partial charge in [0.2, 0.25) is 0 Å². The second-order valence-electron chi connectivity index (χ2n) is 10.8. The molecular weight excluding hydrogens is 421 g/mol. The lowest BCUT2D eigenvalue weighted by Crippen LogP contribution is -2.41. The zero-order chi connectivity index (χ0) is 23.3. The van der Waals surface area contributed by atoms with Crippen LogP contribution in [0.15, 0.2) is 24.5 Å². The fourth-order valence-corrected chi connectivity index (χ4v) is 4.47. The van der Waals surface area contributed by atoms with Crippen LogP contribution >= 0.6 is 0 Å². The van der Waals surface area contributed by atoms with E-state index in [-0.39, 0.29) is 0 Å². The van der Waals surface area contributed by atoms with E-state index in [4.69, 9.17) is 14.0 Å². The number of ether oxygens (including phenoxy) is 1. The molecule has 3 heterocycles. The van der Waals surface area contributed by atoms with Crippen LogP contribution < -0.4 is 5.46 Å². The first-order valence-corrected chi connectivity index (χ1v) is 14.9. The Morgan fingerprint density at radius 1 is 1.03 bits per heavy atom. The van der Waals surface area contributed by atoms with Gasteiger partial charge in [0.1, 0.15) is 12.4 Å². The Labute approximate surface area is 191 Å². The first-order valence-electron chi connectivity index (χ1n) is 11.2. The first kappa shape index (κ1) is 23.2. The smallest absolute Gasteiger partial charge is 0.399 e. The summed E-state index contributed by atoms with van der Waals surface area (Å²) in [5.74, 6) is 0. The van der Waals surface area contributed by atoms with E-state index in [0.29, 0.717) is 6.73 Å². The van der Waals surface area contributed by atoms with Crippen LogP contribution in [-0.4, -0.2) is 57.8 Å². The molecular formula is C22H34BN5O3Si. The molecule has 1 aromatic carbocycles. The average molecular weight is 455 g/mol. The fourth-order valence-electron chi connectivity index (χ4n) is 3.71. The number of aryl methyl sites for hydroxylation is 1. The summed E-state index contributed by atoms with van der Waals surface area (Å²) in [6, 6.07) is 5.21. The Balaban J connectivity index is 1.73. The Kier molecular flexibility index (Phi) is 5.85. The molecule has 4 rings (SSSR count). The predicted octanol–water partition coefficient (Wildman–Crippen LogP) is 3.44. The number of rotatable bonds is 7. The topological polar surface area (TPSA) is 76.2 Å². The van der Waals surface area contributed by atoms with Gasteiger partial charge >= 0.3 is 7.12 Å². The summed E-state index contributed by atoms with van der Waals surface area (Å²) in [6.07, 6.45) is 3.64. The Hall–Kier alpha value is -2.01. The molecule has 1 aliphatic rings. The molecule has 0 saturated carbocycles. The number of aromatic nitrogens is 5. The van der Waals surface area contributed by atoms with Crippen LogP contribution in [0.1, 0.15) is 27.7 Å². The van der Waals surface area contributed by atoms with Gasteiger partial charge in [0.25, 0.3) is 0 Å². The van der Waals surface area contributed by atoms with E-state index in [9.17, 15) is 0 Å². The van der Waals surface area contributed by atoms with Gasteiger partial charge in [-0.25, -0.2) is 4.68 Å². The van der Waals surface area contributed by atoms with Crippen molar-refractivity contribution >= 4 is 31.6 Å². The highest BCUT2D eigenvalue weighted by atomic mass is 28.3. The van der Waals surface area contributed by atoms with E-state index in [0.717, 1.165) is 40.3 Å². The maximum absolute atomic E-state index is 6.37. The van der Waals surface area contributed by atoms with Crippen molar-refractivity contribution in [2.24, 2.45) is 7.05 Å². The second-order valence-corrected chi connectivity index (χ2v) is 16.4. The van der Waals surface area contributed by atoms with Gasteiger partial charge in [0, 0.05) is 38.1 Å². The van der Waals surface area contributed by atoms with E-state index in [1.165, 1.54) is 0 Å². The molecule has 0 N–H and O–H groups in total. The minimum atomic E-state index is -1.16. The maximum Gasteiger partial charge on any atom is 0.497 e. The molecule has 10 heteroatoms. The highest BCUT2D eigenvalue weighted by Crippen LogP contribution is 2.37. The van der Waals surface area contributed by atoms with Gasteiger partial charge in [0.05, 0.1) is 29.1 Å². The van der Waals surface area contributed by atoms with E-state index in [1.54, 1.807) is 11.0 Å². The van der Waals surface area contributed by atoms with Crippen LogP contribution in [0.5, 0.6) is 0 Å². The van der Waals surface area contributed by atoms with Crippen LogP contribution in [0.2, 0.25) is 25.7 Å². The zero-order valence-electron chi connectivity index (χ0n) is 20.5. The Morgan fingerprint density at radius 2 is 1.72 bits per heavy atom. The molecule has 1 saturated heterocycles. The molecule has 0 amide bonds. The van der Waals surface area contributed by atoms with Gasteiger partial charge in [-0.05, 0) is 33.7 Å². The van der Waals surface area contributed by atoms with Crippen LogP contribution in [0.4, 0.5) is 0 Å². The summed E-state index contributed by atoms with van der Waals surface area (Å²) >= 11 is 0. The molecule has 172 valence electrons. The number of fused-ring (bicyclic) bond motifs is 1. The third kappa shape index (κ3) is 4.41. The minimum Gasteiger partial charge on any atom is -0.399 e. The number of nitrogens with zero attached hydrogens (tertiary/aromatic N) is 5. The average Bonchev–Trinajstić information content (AvgIpc) is 3.34. The van der Waals surface area contributed by atoms with Crippen molar-refractivity contribution in [3.8, 4) is 11.3 Å². The van der Waals surface area contributed by atoms with Gasteiger partial charge in [-0.1, -0.05) is 31.8 Å². The molecule has 32 heavy (non-hydrogen) atoms. The van der Waals surface area contributed by atoms with Crippen molar-refractivity contribution in [3.63, 3.8) is 0 Å². The van der Waals surface area contributed by atoms with E-state index >= 15 is 0 Å². The molecule has 8 nitrogen and oxygen atoms in total. The quantitative estimate of drug-likeness (QED) is 0.401. The van der Waals surface area contributed by atoms with E-state index in [1.807, 2.05) is 24.0 Å². The van der Waals surface area contributed by atoms with Crippen LogP contribution in [-0.2, 0) is 27.8 Å². The summed E-state index contributed by atoms with van der Waals surface area (Å²) in [6.45, 7) is 16.4. The van der Waals surface area contributed by atoms with Crippen LogP contribution in [0.3, 0.4) is 0 Å². The summed E-state index contributed by atoms with van der Waals surface area (Å²) < 4.78 is 20.7. The normalized spacial score (nSPS) is 18.1. The van der Waals surface area contributed by atoms with Crippen molar-refractivity contribution in [2.45, 2.75) is 71.3 Å². The predicted molar refractivity (Wildman–Crippen MR) is 130 cm³/mol. The lowest BCUT2D eigenvalue weighted by molar-refractivity contribution is 0.00578. The van der Waals surface area contributed by atoms with Gasteiger partial charge in [-0.15, -0.1) is 0 Å². The zero-order valence-corrected chi connectivity index (χ0v) is 21.5. The number of hydrogen-bond donors (Lipinski definition) is 0. The molecule has 0 unspecified atom stereocenters. The molecule has 0 aliphatic carbocycles. The lowest BCUT2D eigenvalue weighted by atomic mass is 9.77. The van der Waals surface area contributed by atoms with Crippen LogP contribution in [0, 0.1) is 0 Å². The minimum absolute atomic E-state index is 0.379. The largest absolute Gasteiger partial charge is 0.497 e. The molecule has 1 aliphatic heterocycles. The van der Waals surface area contributed by atoms with Gasteiger partial charge in [-0.3, -0.25) is 0 Å². The molecule has 1 fully saturated rings. The van der Waals surface area contributed by atoms with Crippen molar-refractivity contribution in [1.82, 2.24) is 24.8 Å². The summed E-state index contributed by atoms with van der Waals surface area (Å²) in [4.78, 5) is 1.56. The van der Waals surface area contributed by atoms with Crippen molar-refractivity contribution in [3.05, 3.63) is 24.5 Å². The fraction of sp³-hybridized carbons (Fsp3) is 0.591. The molecule has 0 spiro atoms. The molecule has 0 bridgehead atoms. The maximum atomic E-state index is 6.37. The first-order chi connectivity index (χ1) is 14.9. The molecule has 0 atom stereocenters. The summed E-state index contributed by atoms with van der Waals surface area (Å²) in [5, 5.41) is 14.4. The van der Waals surface area contributed by atoms with Gasteiger partial charge in [-0.2, -0.15) is 20.1 Å². The second kappa shape index (κ2) is 8.09. The lowest BCUT2D eigenvalue weighted by Gasteiger charge is -2.32. The van der Waals surface area contributed by atoms with Gasteiger partial charge < -0.3 is 14.0 Å². The highest BCUT2D eigenvalue weighted by molar-refractivity contribution is 6.76. The molecule has 2 aromatic heterocycles. The SMILES string of the molecule is Cn1ncc(-c2ccc(B3OC(C)(C)C(C)(C)O3)c3c2cnn3COCC[Si](C)(C)C)n1. The van der Waals surface area contributed by atoms with Crippen molar-refractivity contribution in [2.75, 3.05) is 6.61 Å². The number of hydrogen-bond acceptors (Lipinski definition) is 6. The number of benzene rings is 1. The van der Waals surface area contributed by atoms with E-state index in [2.05, 4.69) is 68.7 Å². The summed E-state index contributed by atoms with van der Waals surface area (Å²) in [5.41, 5.74) is 2.81. The monoisotopic (exact) mass is 455 g/mol. The molecule has 0 radical (unpaired) electrons. The Morgan fingerprint density at radius 3 is 2.31 bits per heavy atom. The van der Waals surface area contributed by atoms with Gasteiger partial charge in [0.15, 0.2) is 0 Å². The van der Waals surface area contributed by atoms with Crippen molar-refractivity contribution < 1.29 is 14.0 Å². The van der Waals surface area contributed by atoms with Crippen LogP contribution in [0.25, 0.3) is 22.2 Å². The standard InChI is InChI=1S/C22H34BN5O3Si/c1-21(2)22(3,4)31-23(30-21)18-10-9-16(19-14-24-27(5)26-19)17-13-25-28(20(17)18)15-29-11-12-32(6,7)8/h9-10,13-14H,11-12,15H2,1-8H3. The van der Waals surface area contributed by atoms with E-state index < -0.39 is 26.4 Å². The van der Waals surface area contributed by atoms with Crippen molar-refractivity contribution in [1.29, 1.82) is 0 Å². The third-order valence-corrected chi connectivity index (χ3v) is 8.13.